The predicted octanol–water partition coefficient (Wildman–Crippen LogP) is 1.85. The van der Waals surface area contributed by atoms with Crippen molar-refractivity contribution in [3.8, 4) is 5.75 Å². The first-order valence-corrected chi connectivity index (χ1v) is 5.53. The van der Waals surface area contributed by atoms with E-state index in [-0.39, 0.29) is 0 Å². The molecule has 0 unspecified atom stereocenters. The van der Waals surface area contributed by atoms with E-state index in [2.05, 4.69) is 0 Å². The van der Waals surface area contributed by atoms with E-state index in [1.807, 2.05) is 13.0 Å². The molecule has 0 radical (unpaired) electrons. The van der Waals surface area contributed by atoms with Crippen LogP contribution < -0.4 is 4.74 Å². The van der Waals surface area contributed by atoms with Crippen LogP contribution in [0.2, 0.25) is 0 Å². The molecule has 1 aromatic rings. The molecule has 0 aliphatic rings. The fourth-order valence-electron chi connectivity index (χ4n) is 1.33. The number of benzene rings is 1. The van der Waals surface area contributed by atoms with Crippen molar-refractivity contribution in [3.05, 3.63) is 29.3 Å². The van der Waals surface area contributed by atoms with Crippen LogP contribution in [0.15, 0.2) is 18.2 Å². The minimum absolute atomic E-state index is 0.490. The lowest BCUT2D eigenvalue weighted by Gasteiger charge is -2.08. The Balaban J connectivity index is 2.27. The Hall–Kier alpha value is -1.39. The van der Waals surface area contributed by atoms with Crippen molar-refractivity contribution < 1.29 is 19.0 Å². The summed E-state index contributed by atoms with van der Waals surface area (Å²) in [7, 11) is 1.64. The molecule has 1 rings (SSSR count). The second-order valence-electron chi connectivity index (χ2n) is 3.59. The average Bonchev–Trinajstić information content (AvgIpc) is 2.34. The largest absolute Gasteiger partial charge is 0.491 e. The molecular formula is C13H18O4. The molecule has 0 atom stereocenters. The fourth-order valence-corrected chi connectivity index (χ4v) is 1.33. The molecule has 17 heavy (non-hydrogen) atoms. The van der Waals surface area contributed by atoms with Gasteiger partial charge in [-0.25, -0.2) is 0 Å². The zero-order valence-corrected chi connectivity index (χ0v) is 10.3. The summed E-state index contributed by atoms with van der Waals surface area (Å²) in [5, 5.41) is 0. The van der Waals surface area contributed by atoms with Crippen LogP contribution in [0.5, 0.6) is 5.75 Å². The third-order valence-corrected chi connectivity index (χ3v) is 2.30. The second-order valence-corrected chi connectivity index (χ2v) is 3.59. The molecule has 0 aliphatic heterocycles. The molecule has 0 fully saturated rings. The first kappa shape index (κ1) is 13.7. The molecule has 4 nitrogen and oxygen atoms in total. The standard InChI is InChI=1S/C13H18O4/c1-11-9-13(4-3-12(11)10-14)17-8-7-16-6-5-15-2/h3-4,9-10H,5-8H2,1-2H3. The summed E-state index contributed by atoms with van der Waals surface area (Å²) in [4.78, 5) is 10.6. The van der Waals surface area contributed by atoms with Gasteiger partial charge in [0.25, 0.3) is 0 Å². The molecule has 0 spiro atoms. The van der Waals surface area contributed by atoms with Crippen LogP contribution >= 0.6 is 0 Å². The summed E-state index contributed by atoms with van der Waals surface area (Å²) in [5.74, 6) is 0.753. The lowest BCUT2D eigenvalue weighted by Crippen LogP contribution is -2.10. The average molecular weight is 238 g/mol. The smallest absolute Gasteiger partial charge is 0.150 e. The van der Waals surface area contributed by atoms with Gasteiger partial charge < -0.3 is 14.2 Å². The Labute approximate surface area is 101 Å². The van der Waals surface area contributed by atoms with Gasteiger partial charge in [0.2, 0.25) is 0 Å². The number of rotatable bonds is 8. The van der Waals surface area contributed by atoms with Gasteiger partial charge in [0, 0.05) is 12.7 Å². The van der Waals surface area contributed by atoms with E-state index >= 15 is 0 Å². The van der Waals surface area contributed by atoms with Crippen LogP contribution in [0.25, 0.3) is 0 Å². The normalized spacial score (nSPS) is 10.2. The van der Waals surface area contributed by atoms with Crippen molar-refractivity contribution in [3.63, 3.8) is 0 Å². The number of aldehydes is 1. The summed E-state index contributed by atoms with van der Waals surface area (Å²) in [5.41, 5.74) is 1.60. The van der Waals surface area contributed by atoms with Crippen LogP contribution in [0.3, 0.4) is 0 Å². The summed E-state index contributed by atoms with van der Waals surface area (Å²) >= 11 is 0. The summed E-state index contributed by atoms with van der Waals surface area (Å²) in [6, 6.07) is 5.38. The first-order valence-electron chi connectivity index (χ1n) is 5.53. The van der Waals surface area contributed by atoms with Gasteiger partial charge >= 0.3 is 0 Å². The molecule has 1 aromatic carbocycles. The third-order valence-electron chi connectivity index (χ3n) is 2.30. The van der Waals surface area contributed by atoms with Crippen molar-refractivity contribution in [1.82, 2.24) is 0 Å². The Bertz CT molecular complexity index is 349. The number of ether oxygens (including phenoxy) is 3. The second kappa shape index (κ2) is 7.81. The number of carbonyl (C=O) groups excluding carboxylic acids is 1. The number of methoxy groups -OCH3 is 1. The van der Waals surface area contributed by atoms with Gasteiger partial charge in [0.05, 0.1) is 19.8 Å². The SMILES string of the molecule is COCCOCCOc1ccc(C=O)c(C)c1. The number of hydrogen-bond acceptors (Lipinski definition) is 4. The van der Waals surface area contributed by atoms with Crippen molar-refractivity contribution in [2.45, 2.75) is 6.92 Å². The summed E-state index contributed by atoms with van der Waals surface area (Å²) < 4.78 is 15.6. The van der Waals surface area contributed by atoms with Gasteiger partial charge in [-0.3, -0.25) is 4.79 Å². The van der Waals surface area contributed by atoms with E-state index in [1.54, 1.807) is 19.2 Å². The topological polar surface area (TPSA) is 44.8 Å². The van der Waals surface area contributed by atoms with Gasteiger partial charge in [-0.2, -0.15) is 0 Å². The van der Waals surface area contributed by atoms with Gasteiger partial charge in [-0.05, 0) is 30.7 Å². The highest BCUT2D eigenvalue weighted by molar-refractivity contribution is 5.77. The van der Waals surface area contributed by atoms with E-state index in [0.717, 1.165) is 17.6 Å². The Morgan fingerprint density at radius 3 is 2.59 bits per heavy atom. The highest BCUT2D eigenvalue weighted by atomic mass is 16.5. The number of hydrogen-bond donors (Lipinski definition) is 0. The molecule has 0 aromatic heterocycles. The summed E-state index contributed by atoms with van der Waals surface area (Å²) in [6.45, 7) is 4.06. The molecule has 0 N–H and O–H groups in total. The first-order chi connectivity index (χ1) is 8.27. The van der Waals surface area contributed by atoms with Gasteiger partial charge in [0.15, 0.2) is 0 Å². The third kappa shape index (κ3) is 4.97. The van der Waals surface area contributed by atoms with Crippen molar-refractivity contribution in [2.75, 3.05) is 33.5 Å². The predicted molar refractivity (Wildman–Crippen MR) is 64.8 cm³/mol. The molecule has 0 heterocycles. The van der Waals surface area contributed by atoms with Gasteiger partial charge in [-0.15, -0.1) is 0 Å². The van der Waals surface area contributed by atoms with Crippen LogP contribution in [0.4, 0.5) is 0 Å². The number of aryl methyl sites for hydroxylation is 1. The highest BCUT2D eigenvalue weighted by Crippen LogP contribution is 2.15. The molecule has 0 bridgehead atoms. The molecule has 0 saturated heterocycles. The zero-order valence-electron chi connectivity index (χ0n) is 10.3. The molecular weight excluding hydrogens is 220 g/mol. The number of carbonyl (C=O) groups is 1. The van der Waals surface area contributed by atoms with Crippen molar-refractivity contribution >= 4 is 6.29 Å². The maximum Gasteiger partial charge on any atom is 0.150 e. The van der Waals surface area contributed by atoms with Crippen LogP contribution in [0.1, 0.15) is 15.9 Å². The molecule has 0 amide bonds. The van der Waals surface area contributed by atoms with E-state index in [1.165, 1.54) is 0 Å². The zero-order chi connectivity index (χ0) is 12.5. The summed E-state index contributed by atoms with van der Waals surface area (Å²) in [6.07, 6.45) is 0.840. The van der Waals surface area contributed by atoms with Crippen molar-refractivity contribution in [1.29, 1.82) is 0 Å². The van der Waals surface area contributed by atoms with E-state index in [0.29, 0.717) is 32.0 Å². The quantitative estimate of drug-likeness (QED) is 0.512. The molecule has 0 aliphatic carbocycles. The monoisotopic (exact) mass is 238 g/mol. The minimum Gasteiger partial charge on any atom is -0.491 e. The van der Waals surface area contributed by atoms with Gasteiger partial charge in [0.1, 0.15) is 18.6 Å². The minimum atomic E-state index is 0.490. The van der Waals surface area contributed by atoms with Crippen LogP contribution in [-0.4, -0.2) is 39.8 Å². The van der Waals surface area contributed by atoms with Crippen LogP contribution in [0, 0.1) is 6.92 Å². The maximum absolute atomic E-state index is 10.6. The lowest BCUT2D eigenvalue weighted by atomic mass is 10.1. The lowest BCUT2D eigenvalue weighted by molar-refractivity contribution is 0.0544. The Kier molecular flexibility index (Phi) is 6.29. The molecule has 94 valence electrons. The van der Waals surface area contributed by atoms with Crippen LogP contribution in [-0.2, 0) is 9.47 Å². The maximum atomic E-state index is 10.6. The molecule has 4 heteroatoms. The highest BCUT2D eigenvalue weighted by Gasteiger charge is 1.99. The van der Waals surface area contributed by atoms with Crippen molar-refractivity contribution in [2.24, 2.45) is 0 Å². The van der Waals surface area contributed by atoms with Gasteiger partial charge in [-0.1, -0.05) is 0 Å². The Morgan fingerprint density at radius 2 is 1.94 bits per heavy atom. The van der Waals surface area contributed by atoms with E-state index in [4.69, 9.17) is 14.2 Å². The molecule has 0 saturated carbocycles. The fraction of sp³-hybridized carbons (Fsp3) is 0.462. The van der Waals surface area contributed by atoms with E-state index < -0.39 is 0 Å². The Morgan fingerprint density at radius 1 is 1.18 bits per heavy atom. The van der Waals surface area contributed by atoms with E-state index in [9.17, 15) is 4.79 Å².